The summed E-state index contributed by atoms with van der Waals surface area (Å²) in [4.78, 5) is 0. The molecule has 0 atom stereocenters. The third kappa shape index (κ3) is 3.97. The van der Waals surface area contributed by atoms with E-state index in [2.05, 4.69) is 0 Å². The van der Waals surface area contributed by atoms with Crippen LogP contribution in [0.25, 0.3) is 6.08 Å². The quantitative estimate of drug-likeness (QED) is 0.547. The van der Waals surface area contributed by atoms with Gasteiger partial charge in [0.1, 0.15) is 0 Å². The maximum atomic E-state index is 8.33. The minimum Gasteiger partial charge on any atom is -0.516 e. The molecule has 0 aliphatic heterocycles. The van der Waals surface area contributed by atoms with Crippen molar-refractivity contribution in [2.24, 2.45) is 0 Å². The van der Waals surface area contributed by atoms with Crippen LogP contribution in [0.2, 0.25) is 0 Å². The molecule has 0 spiro atoms. The van der Waals surface area contributed by atoms with Gasteiger partial charge in [0.25, 0.3) is 0 Å². The normalized spacial score (nSPS) is 12.0. The number of aliphatic hydroxyl groups is 1. The molecule has 66 valence electrons. The van der Waals surface area contributed by atoms with Crippen molar-refractivity contribution >= 4 is 6.08 Å². The van der Waals surface area contributed by atoms with Gasteiger partial charge in [-0.05, 0) is 11.6 Å². The van der Waals surface area contributed by atoms with Crippen LogP contribution >= 0.6 is 0 Å². The van der Waals surface area contributed by atoms with Gasteiger partial charge in [-0.2, -0.15) is 0 Å². The Morgan fingerprint density at radius 1 is 0.846 bits per heavy atom. The van der Waals surface area contributed by atoms with Crippen molar-refractivity contribution < 1.29 is 5.11 Å². The smallest absolute Gasteiger partial charge is 0.0791 e. The second kappa shape index (κ2) is 5.84. The third-order valence-corrected chi connectivity index (χ3v) is 1.51. The van der Waals surface area contributed by atoms with E-state index in [0.717, 1.165) is 6.26 Å². The van der Waals surface area contributed by atoms with E-state index in [1.165, 1.54) is 5.56 Å². The molecular weight excluding hydrogens is 160 g/mol. The predicted octanol–water partition coefficient (Wildman–Crippen LogP) is 3.33. The van der Waals surface area contributed by atoms with Crippen LogP contribution in [0.15, 0.2) is 60.9 Å². The number of hydrogen-bond donors (Lipinski definition) is 1. The van der Waals surface area contributed by atoms with E-state index in [1.54, 1.807) is 12.2 Å². The molecule has 1 rings (SSSR count). The second-order valence-electron chi connectivity index (χ2n) is 2.50. The first-order chi connectivity index (χ1) is 6.43. The number of aliphatic hydroxyl groups excluding tert-OH is 1. The minimum atomic E-state index is 1.01. The average Bonchev–Trinajstić information content (AvgIpc) is 2.19. The van der Waals surface area contributed by atoms with Crippen LogP contribution in [0, 0.1) is 0 Å². The Morgan fingerprint density at radius 2 is 1.54 bits per heavy atom. The Kier molecular flexibility index (Phi) is 4.19. The van der Waals surface area contributed by atoms with E-state index in [4.69, 9.17) is 5.11 Å². The second-order valence-corrected chi connectivity index (χ2v) is 2.50. The van der Waals surface area contributed by atoms with Gasteiger partial charge in [-0.1, -0.05) is 54.6 Å². The fourth-order valence-corrected chi connectivity index (χ4v) is 0.909. The van der Waals surface area contributed by atoms with Gasteiger partial charge >= 0.3 is 0 Å². The molecule has 1 heteroatoms. The summed E-state index contributed by atoms with van der Waals surface area (Å²) in [7, 11) is 0. The Balaban J connectivity index is 2.50. The van der Waals surface area contributed by atoms with Gasteiger partial charge in [-0.15, -0.1) is 0 Å². The monoisotopic (exact) mass is 172 g/mol. The van der Waals surface area contributed by atoms with Gasteiger partial charge in [0.05, 0.1) is 6.26 Å². The first-order valence-electron chi connectivity index (χ1n) is 4.12. The van der Waals surface area contributed by atoms with Gasteiger partial charge < -0.3 is 5.11 Å². The largest absolute Gasteiger partial charge is 0.516 e. The first kappa shape index (κ1) is 9.33. The van der Waals surface area contributed by atoms with Gasteiger partial charge in [0, 0.05) is 0 Å². The summed E-state index contributed by atoms with van der Waals surface area (Å²) in [5.74, 6) is 0. The highest BCUT2D eigenvalue weighted by Crippen LogP contribution is 2.00. The standard InChI is InChI=1S/C12H12O/c13-11-7-2-1-4-8-12-9-5-3-6-10-12/h1-11,13H/b2-1+,8-4+,11-7+. The van der Waals surface area contributed by atoms with Crippen LogP contribution in [0.1, 0.15) is 5.56 Å². The van der Waals surface area contributed by atoms with Crippen molar-refractivity contribution in [1.29, 1.82) is 0 Å². The van der Waals surface area contributed by atoms with Crippen LogP contribution in [-0.4, -0.2) is 5.11 Å². The molecule has 0 bridgehead atoms. The Labute approximate surface area is 78.3 Å². The van der Waals surface area contributed by atoms with E-state index < -0.39 is 0 Å². The molecule has 0 heterocycles. The topological polar surface area (TPSA) is 20.2 Å². The van der Waals surface area contributed by atoms with Gasteiger partial charge in [-0.3, -0.25) is 0 Å². The number of allylic oxidation sites excluding steroid dienone is 4. The third-order valence-electron chi connectivity index (χ3n) is 1.51. The maximum absolute atomic E-state index is 8.33. The van der Waals surface area contributed by atoms with E-state index in [-0.39, 0.29) is 0 Å². The molecule has 0 saturated heterocycles. The summed E-state index contributed by atoms with van der Waals surface area (Å²) >= 11 is 0. The van der Waals surface area contributed by atoms with E-state index in [0.29, 0.717) is 0 Å². The predicted molar refractivity (Wildman–Crippen MR) is 56.4 cm³/mol. The van der Waals surface area contributed by atoms with Crippen LogP contribution in [0.4, 0.5) is 0 Å². The molecule has 1 aromatic rings. The Hall–Kier alpha value is -1.76. The lowest BCUT2D eigenvalue weighted by Gasteiger charge is -1.87. The van der Waals surface area contributed by atoms with Crippen LogP contribution in [0.3, 0.4) is 0 Å². The molecule has 0 aliphatic carbocycles. The Bertz CT molecular complexity index is 307. The summed E-state index contributed by atoms with van der Waals surface area (Å²) in [6, 6.07) is 10.0. The van der Waals surface area contributed by atoms with E-state index in [1.807, 2.05) is 48.6 Å². The van der Waals surface area contributed by atoms with Crippen molar-refractivity contribution in [2.75, 3.05) is 0 Å². The number of rotatable bonds is 3. The van der Waals surface area contributed by atoms with Crippen molar-refractivity contribution in [1.82, 2.24) is 0 Å². The molecule has 1 aromatic carbocycles. The minimum absolute atomic E-state index is 1.01. The summed E-state index contributed by atoms with van der Waals surface area (Å²) in [6.45, 7) is 0. The lowest BCUT2D eigenvalue weighted by molar-refractivity contribution is 0.474. The molecule has 0 unspecified atom stereocenters. The molecule has 0 saturated carbocycles. The van der Waals surface area contributed by atoms with Gasteiger partial charge in [0.2, 0.25) is 0 Å². The fraction of sp³-hybridized carbons (Fsp3) is 0. The van der Waals surface area contributed by atoms with Crippen molar-refractivity contribution in [2.45, 2.75) is 0 Å². The zero-order valence-corrected chi connectivity index (χ0v) is 7.30. The van der Waals surface area contributed by atoms with Crippen LogP contribution in [0.5, 0.6) is 0 Å². The molecule has 13 heavy (non-hydrogen) atoms. The highest BCUT2D eigenvalue weighted by atomic mass is 16.2. The van der Waals surface area contributed by atoms with Gasteiger partial charge in [-0.25, -0.2) is 0 Å². The molecule has 1 N–H and O–H groups in total. The lowest BCUT2D eigenvalue weighted by Crippen LogP contribution is -1.66. The summed E-state index contributed by atoms with van der Waals surface area (Å²) in [5, 5.41) is 8.33. The molecule has 0 aromatic heterocycles. The van der Waals surface area contributed by atoms with E-state index in [9.17, 15) is 0 Å². The zero-order valence-electron chi connectivity index (χ0n) is 7.30. The summed E-state index contributed by atoms with van der Waals surface area (Å²) in [5.41, 5.74) is 1.17. The molecule has 0 aliphatic rings. The molecule has 0 amide bonds. The fourth-order valence-electron chi connectivity index (χ4n) is 0.909. The lowest BCUT2D eigenvalue weighted by atomic mass is 10.2. The summed E-state index contributed by atoms with van der Waals surface area (Å²) < 4.78 is 0. The Morgan fingerprint density at radius 3 is 2.23 bits per heavy atom. The molecule has 0 fully saturated rings. The maximum Gasteiger partial charge on any atom is 0.0791 e. The van der Waals surface area contributed by atoms with Crippen molar-refractivity contribution in [3.63, 3.8) is 0 Å². The summed E-state index contributed by atoms with van der Waals surface area (Å²) in [6.07, 6.45) is 10.1. The number of benzene rings is 1. The van der Waals surface area contributed by atoms with Crippen molar-refractivity contribution in [3.05, 3.63) is 66.5 Å². The van der Waals surface area contributed by atoms with Gasteiger partial charge in [0.15, 0.2) is 0 Å². The number of hydrogen-bond acceptors (Lipinski definition) is 1. The molecular formula is C12H12O. The first-order valence-corrected chi connectivity index (χ1v) is 4.12. The van der Waals surface area contributed by atoms with Crippen LogP contribution < -0.4 is 0 Å². The SMILES string of the molecule is O/C=C/C=C/C=C/c1ccccc1. The molecule has 1 nitrogen and oxygen atoms in total. The highest BCUT2D eigenvalue weighted by Gasteiger charge is 1.78. The van der Waals surface area contributed by atoms with Crippen LogP contribution in [-0.2, 0) is 0 Å². The zero-order chi connectivity index (χ0) is 9.36. The van der Waals surface area contributed by atoms with Crippen molar-refractivity contribution in [3.8, 4) is 0 Å². The van der Waals surface area contributed by atoms with E-state index >= 15 is 0 Å². The average molecular weight is 172 g/mol. The molecule has 0 radical (unpaired) electrons. The highest BCUT2D eigenvalue weighted by molar-refractivity contribution is 5.50.